The molecule has 0 saturated heterocycles. The van der Waals surface area contributed by atoms with Crippen LogP contribution in [0.2, 0.25) is 0 Å². The predicted molar refractivity (Wildman–Crippen MR) is 65.9 cm³/mol. The van der Waals surface area contributed by atoms with E-state index in [1.165, 1.54) is 11.8 Å². The Morgan fingerprint density at radius 3 is 3.12 bits per heavy atom. The molecule has 1 aromatic rings. The number of hydrogen-bond donors (Lipinski definition) is 1. The Kier molecular flexibility index (Phi) is 4.25. The number of nitrogens with zero attached hydrogens (tertiary/aromatic N) is 3. The van der Waals surface area contributed by atoms with Crippen LogP contribution in [-0.4, -0.2) is 38.3 Å². The zero-order valence-corrected chi connectivity index (χ0v) is 13.3. The van der Waals surface area contributed by atoms with Crippen molar-refractivity contribution in [3.05, 3.63) is 11.3 Å². The molecule has 0 aliphatic carbocycles. The van der Waals surface area contributed by atoms with Crippen LogP contribution in [0.3, 0.4) is 0 Å². The van der Waals surface area contributed by atoms with Gasteiger partial charge in [0.15, 0.2) is 5.78 Å². The summed E-state index contributed by atoms with van der Waals surface area (Å²) < 4.78 is 1.82. The minimum atomic E-state index is 0. The van der Waals surface area contributed by atoms with E-state index in [4.69, 9.17) is 0 Å². The van der Waals surface area contributed by atoms with Gasteiger partial charge in [0.2, 0.25) is 11.1 Å². The number of carbonyl (C=O) groups excluding carboxylic acids is 1. The molecule has 8 heteroatoms. The Morgan fingerprint density at radius 2 is 2.35 bits per heavy atom. The fourth-order valence-corrected chi connectivity index (χ4v) is 3.07. The number of carbonyl (C=O) groups is 1. The van der Waals surface area contributed by atoms with Gasteiger partial charge in [-0.2, -0.15) is 4.98 Å². The normalized spacial score (nSPS) is 18.1. The maximum absolute atomic E-state index is 11.7. The van der Waals surface area contributed by atoms with E-state index >= 15 is 0 Å². The van der Waals surface area contributed by atoms with Crippen molar-refractivity contribution >= 4 is 35.3 Å². The Hall–Kier alpha value is 0.0500. The van der Waals surface area contributed by atoms with Crippen molar-refractivity contribution in [2.45, 2.75) is 11.7 Å². The maximum Gasteiger partial charge on any atom is 1.00 e. The van der Waals surface area contributed by atoms with Gasteiger partial charge in [0.25, 0.3) is 0 Å². The van der Waals surface area contributed by atoms with Crippen molar-refractivity contribution in [3.8, 4) is 0 Å². The molecule has 3 rings (SSSR count). The number of hydrogen-bond acceptors (Lipinski definition) is 6. The number of rotatable bonds is 1. The molecule has 0 unspecified atom stereocenters. The molecule has 0 fully saturated rings. The summed E-state index contributed by atoms with van der Waals surface area (Å²) in [6, 6.07) is 0. The van der Waals surface area contributed by atoms with Gasteiger partial charge in [0.05, 0.1) is 18.0 Å². The zero-order chi connectivity index (χ0) is 11.1. The van der Waals surface area contributed by atoms with Gasteiger partial charge < -0.3 is 6.74 Å². The number of Topliss-reactive ketones (excluding diaryl/α,β-unsaturated/α-hetero) is 1. The summed E-state index contributed by atoms with van der Waals surface area (Å²) in [7, 11) is 0. The summed E-state index contributed by atoms with van der Waals surface area (Å²) in [5.74, 6) is 2.33. The van der Waals surface area contributed by atoms with Gasteiger partial charge in [0, 0.05) is 5.75 Å². The molecule has 86 valence electrons. The van der Waals surface area contributed by atoms with E-state index in [2.05, 4.69) is 15.4 Å². The molecule has 0 radical (unpaired) electrons. The number of aromatic nitrogens is 3. The summed E-state index contributed by atoms with van der Waals surface area (Å²) in [4.78, 5) is 16.0. The van der Waals surface area contributed by atoms with E-state index in [1.807, 2.05) is 10.9 Å². The molecular formula is C9H11N4NaOS2. The summed E-state index contributed by atoms with van der Waals surface area (Å²) in [6.07, 6.45) is 1.94. The number of thioether (sulfide) groups is 2. The monoisotopic (exact) mass is 278 g/mol. The third kappa shape index (κ3) is 2.44. The fourth-order valence-electron chi connectivity index (χ4n) is 1.79. The van der Waals surface area contributed by atoms with Gasteiger partial charge in [-0.3, -0.25) is 4.79 Å². The largest absolute Gasteiger partial charge is 1.00 e. The number of nitrogens with one attached hydrogen (secondary N) is 1. The summed E-state index contributed by atoms with van der Waals surface area (Å²) in [5.41, 5.74) is 1.87. The Morgan fingerprint density at radius 1 is 1.53 bits per heavy atom. The topological polar surface area (TPSA) is 59.8 Å². The van der Waals surface area contributed by atoms with Crippen LogP contribution in [0.25, 0.3) is 0 Å². The van der Waals surface area contributed by atoms with Crippen LogP contribution in [0.5, 0.6) is 0 Å². The van der Waals surface area contributed by atoms with Gasteiger partial charge in [0.1, 0.15) is 0 Å². The molecule has 1 aromatic heterocycles. The molecule has 2 aliphatic rings. The Bertz CT molecular complexity index is 505. The molecule has 17 heavy (non-hydrogen) atoms. The molecule has 3 heterocycles. The van der Waals surface area contributed by atoms with Crippen LogP contribution in [0.4, 0.5) is 5.95 Å². The second-order valence-corrected chi connectivity index (χ2v) is 5.36. The van der Waals surface area contributed by atoms with Gasteiger partial charge in [-0.1, -0.05) is 11.8 Å². The molecule has 0 bridgehead atoms. The Balaban J connectivity index is 0.000000810. The minimum Gasteiger partial charge on any atom is -1.00 e. The van der Waals surface area contributed by atoms with Crippen LogP contribution in [0, 0.1) is 0 Å². The molecule has 0 aromatic carbocycles. The second-order valence-electron chi connectivity index (χ2n) is 3.60. The Labute approximate surface area is 131 Å². The zero-order valence-electron chi connectivity index (χ0n) is 10.7. The van der Waals surface area contributed by atoms with Gasteiger partial charge in [-0.15, -0.1) is 16.9 Å². The first-order chi connectivity index (χ1) is 7.78. The average Bonchev–Trinajstić information content (AvgIpc) is 2.69. The van der Waals surface area contributed by atoms with E-state index in [0.717, 1.165) is 22.2 Å². The molecule has 0 atom stereocenters. The van der Waals surface area contributed by atoms with Crippen LogP contribution in [-0.2, 0) is 11.3 Å². The van der Waals surface area contributed by atoms with Crippen LogP contribution in [0.1, 0.15) is 1.43 Å². The second kappa shape index (κ2) is 5.36. The minimum absolute atomic E-state index is 0. The summed E-state index contributed by atoms with van der Waals surface area (Å²) in [5, 5.41) is 8.17. The summed E-state index contributed by atoms with van der Waals surface area (Å²) in [6.45, 7) is 0.684. The number of anilines is 1. The standard InChI is InChI=1S/C9H10N4OS2.Na.H/c1-15-9-11-8-10-7-5(2-13(8)12-9)3-16-4-6(7)14;;/h2-4H2,1H3,(H,10,11,12);;/q;+1;-1. The predicted octanol–water partition coefficient (Wildman–Crippen LogP) is -1.89. The van der Waals surface area contributed by atoms with Crippen molar-refractivity contribution in [2.75, 3.05) is 23.1 Å². The van der Waals surface area contributed by atoms with E-state index in [-0.39, 0.29) is 36.8 Å². The van der Waals surface area contributed by atoms with Crippen molar-refractivity contribution in [2.24, 2.45) is 0 Å². The van der Waals surface area contributed by atoms with Crippen molar-refractivity contribution in [3.63, 3.8) is 0 Å². The summed E-state index contributed by atoms with van der Waals surface area (Å²) >= 11 is 3.17. The molecule has 0 amide bonds. The number of ketones is 1. The van der Waals surface area contributed by atoms with Crippen LogP contribution in [0.15, 0.2) is 16.4 Å². The maximum atomic E-state index is 11.7. The number of fused-ring (bicyclic) bond motifs is 1. The molecule has 2 aliphatic heterocycles. The molecule has 1 N–H and O–H groups in total. The van der Waals surface area contributed by atoms with Crippen molar-refractivity contribution in [1.29, 1.82) is 0 Å². The number of allylic oxidation sites excluding steroid dienone is 1. The fraction of sp³-hybridized carbons (Fsp3) is 0.444. The van der Waals surface area contributed by atoms with E-state index < -0.39 is 0 Å². The molecule has 0 saturated carbocycles. The molecule has 0 spiro atoms. The van der Waals surface area contributed by atoms with Crippen molar-refractivity contribution in [1.82, 2.24) is 14.8 Å². The molecular weight excluding hydrogens is 267 g/mol. The first kappa shape index (κ1) is 13.5. The smallest absolute Gasteiger partial charge is 1.00 e. The van der Waals surface area contributed by atoms with Crippen LogP contribution >= 0.6 is 23.5 Å². The van der Waals surface area contributed by atoms with Crippen LogP contribution < -0.4 is 34.9 Å². The van der Waals surface area contributed by atoms with Crippen molar-refractivity contribution < 1.29 is 35.8 Å². The average molecular weight is 278 g/mol. The van der Waals surface area contributed by atoms with E-state index in [1.54, 1.807) is 11.8 Å². The first-order valence-corrected chi connectivity index (χ1v) is 7.24. The van der Waals surface area contributed by atoms with Gasteiger partial charge >= 0.3 is 29.6 Å². The molecule has 5 nitrogen and oxygen atoms in total. The van der Waals surface area contributed by atoms with E-state index in [0.29, 0.717) is 18.2 Å². The third-order valence-electron chi connectivity index (χ3n) is 2.55. The van der Waals surface area contributed by atoms with Gasteiger partial charge in [-0.05, 0) is 11.8 Å². The quantitative estimate of drug-likeness (QED) is 0.479. The SMILES string of the molecule is CSc1nc2n(n1)CC1=C(N2)C(=O)CSC1.[H-].[Na+]. The van der Waals surface area contributed by atoms with E-state index in [9.17, 15) is 4.79 Å². The van der Waals surface area contributed by atoms with Gasteiger partial charge in [-0.25, -0.2) is 4.68 Å². The first-order valence-electron chi connectivity index (χ1n) is 4.87. The third-order valence-corrected chi connectivity index (χ3v) is 4.11.